The summed E-state index contributed by atoms with van der Waals surface area (Å²) >= 11 is 0. The predicted octanol–water partition coefficient (Wildman–Crippen LogP) is 3.49. The van der Waals surface area contributed by atoms with Crippen LogP contribution >= 0.6 is 0 Å². The number of likely N-dealkylation sites (tertiary alicyclic amines) is 1. The fourth-order valence-electron chi connectivity index (χ4n) is 3.64. The van der Waals surface area contributed by atoms with Gasteiger partial charge in [0.1, 0.15) is 17.8 Å². The molecule has 1 aliphatic heterocycles. The number of methoxy groups -OCH3 is 1. The molecule has 0 amide bonds. The summed E-state index contributed by atoms with van der Waals surface area (Å²) in [4.78, 5) is 16.8. The Morgan fingerprint density at radius 2 is 2.08 bits per heavy atom. The van der Waals surface area contributed by atoms with E-state index in [1.807, 2.05) is 12.1 Å². The maximum Gasteiger partial charge on any atom is 0.287 e. The van der Waals surface area contributed by atoms with Crippen LogP contribution in [-0.4, -0.2) is 42.1 Å². The van der Waals surface area contributed by atoms with Gasteiger partial charge in [-0.2, -0.15) is 0 Å². The molecule has 1 fully saturated rings. The third-order valence-corrected chi connectivity index (χ3v) is 4.97. The molecule has 138 valence electrons. The molecule has 0 radical (unpaired) electrons. The molecule has 2 atom stereocenters. The fourth-order valence-corrected chi connectivity index (χ4v) is 3.64. The Morgan fingerprint density at radius 3 is 2.69 bits per heavy atom. The lowest BCUT2D eigenvalue weighted by atomic mass is 9.85. The third-order valence-electron chi connectivity index (χ3n) is 4.97. The average Bonchev–Trinajstić information content (AvgIpc) is 2.67. The van der Waals surface area contributed by atoms with Crippen LogP contribution in [0.2, 0.25) is 0 Å². The summed E-state index contributed by atoms with van der Waals surface area (Å²) in [7, 11) is 3.83. The normalized spacial score (nSPS) is 20.5. The number of ether oxygens (including phenoxy) is 1. The molecule has 0 aliphatic carbocycles. The van der Waals surface area contributed by atoms with Crippen molar-refractivity contribution in [2.45, 2.75) is 18.9 Å². The highest BCUT2D eigenvalue weighted by molar-refractivity contribution is 5.40. The zero-order valence-corrected chi connectivity index (χ0v) is 15.1. The maximum atomic E-state index is 10.7. The van der Waals surface area contributed by atoms with Gasteiger partial charge < -0.3 is 10.1 Å². The van der Waals surface area contributed by atoms with E-state index < -0.39 is 4.92 Å². The Bertz CT molecular complexity index is 733. The van der Waals surface area contributed by atoms with Crippen molar-refractivity contribution in [3.63, 3.8) is 0 Å². The number of rotatable bonds is 6. The number of nitro groups is 1. The number of aromatic nitrogens is 1. The van der Waals surface area contributed by atoms with Gasteiger partial charge in [-0.1, -0.05) is 12.1 Å². The Balaban J connectivity index is 1.70. The fraction of sp³-hybridized carbons (Fsp3) is 0.421. The van der Waals surface area contributed by atoms with Crippen molar-refractivity contribution in [3.8, 4) is 5.75 Å². The van der Waals surface area contributed by atoms with E-state index in [2.05, 4.69) is 34.4 Å². The number of pyridine rings is 1. The molecule has 0 bridgehead atoms. The quantitative estimate of drug-likeness (QED) is 0.630. The number of nitrogens with zero attached hydrogens (tertiary/aromatic N) is 3. The van der Waals surface area contributed by atoms with Crippen molar-refractivity contribution >= 4 is 11.5 Å². The zero-order valence-electron chi connectivity index (χ0n) is 15.1. The molecule has 2 unspecified atom stereocenters. The Labute approximate surface area is 153 Å². The number of nitrogens with one attached hydrogen (secondary N) is 1. The lowest BCUT2D eigenvalue weighted by molar-refractivity contribution is -0.385. The van der Waals surface area contributed by atoms with E-state index in [1.54, 1.807) is 13.2 Å². The maximum absolute atomic E-state index is 10.7. The van der Waals surface area contributed by atoms with Crippen LogP contribution in [0.5, 0.6) is 5.75 Å². The lowest BCUT2D eigenvalue weighted by Gasteiger charge is -2.39. The first-order valence-corrected chi connectivity index (χ1v) is 8.77. The van der Waals surface area contributed by atoms with Crippen LogP contribution < -0.4 is 10.1 Å². The van der Waals surface area contributed by atoms with Crippen LogP contribution in [0.1, 0.15) is 24.4 Å². The molecule has 1 saturated heterocycles. The molecule has 0 saturated carbocycles. The number of hydrogen-bond donors (Lipinski definition) is 1. The summed E-state index contributed by atoms with van der Waals surface area (Å²) in [6, 6.07) is 11.7. The number of benzene rings is 1. The van der Waals surface area contributed by atoms with Crippen LogP contribution in [-0.2, 0) is 0 Å². The second-order valence-electron chi connectivity index (χ2n) is 6.64. The van der Waals surface area contributed by atoms with Gasteiger partial charge in [0.2, 0.25) is 0 Å². The highest BCUT2D eigenvalue weighted by Crippen LogP contribution is 2.35. The molecule has 1 aromatic carbocycles. The van der Waals surface area contributed by atoms with Crippen LogP contribution in [0.3, 0.4) is 0 Å². The average molecular weight is 356 g/mol. The third kappa shape index (κ3) is 4.11. The summed E-state index contributed by atoms with van der Waals surface area (Å²) in [5.74, 6) is 1.95. The molecule has 1 N–H and O–H groups in total. The first-order valence-electron chi connectivity index (χ1n) is 8.77. The number of hydrogen-bond acceptors (Lipinski definition) is 6. The summed E-state index contributed by atoms with van der Waals surface area (Å²) in [6.07, 6.45) is 3.57. The largest absolute Gasteiger partial charge is 0.497 e. The van der Waals surface area contributed by atoms with Crippen LogP contribution in [0.15, 0.2) is 42.6 Å². The number of anilines is 1. The lowest BCUT2D eigenvalue weighted by Crippen LogP contribution is -2.39. The summed E-state index contributed by atoms with van der Waals surface area (Å²) in [6.45, 7) is 1.84. The van der Waals surface area contributed by atoms with Gasteiger partial charge in [0.25, 0.3) is 5.69 Å². The van der Waals surface area contributed by atoms with Crippen molar-refractivity contribution in [1.29, 1.82) is 0 Å². The summed E-state index contributed by atoms with van der Waals surface area (Å²) < 4.78 is 5.26. The van der Waals surface area contributed by atoms with Gasteiger partial charge in [-0.15, -0.1) is 0 Å². The minimum absolute atomic E-state index is 0.00376. The Hall–Kier alpha value is -2.67. The van der Waals surface area contributed by atoms with Gasteiger partial charge in [0, 0.05) is 18.7 Å². The summed E-state index contributed by atoms with van der Waals surface area (Å²) in [5.41, 5.74) is 1.28. The van der Waals surface area contributed by atoms with Crippen molar-refractivity contribution in [1.82, 2.24) is 9.88 Å². The summed E-state index contributed by atoms with van der Waals surface area (Å²) in [5, 5.41) is 14.1. The van der Waals surface area contributed by atoms with Gasteiger partial charge in [-0.05, 0) is 56.1 Å². The van der Waals surface area contributed by atoms with Gasteiger partial charge in [-0.25, -0.2) is 4.98 Å². The topological polar surface area (TPSA) is 80.5 Å². The second-order valence-corrected chi connectivity index (χ2v) is 6.64. The molecule has 3 rings (SSSR count). The van der Waals surface area contributed by atoms with E-state index in [0.717, 1.165) is 31.7 Å². The molecular weight excluding hydrogens is 332 g/mol. The van der Waals surface area contributed by atoms with E-state index in [1.165, 1.54) is 17.8 Å². The highest BCUT2D eigenvalue weighted by Gasteiger charge is 2.30. The molecule has 7 heteroatoms. The highest BCUT2D eigenvalue weighted by atomic mass is 16.6. The van der Waals surface area contributed by atoms with Gasteiger partial charge in [-0.3, -0.25) is 15.0 Å². The van der Waals surface area contributed by atoms with E-state index in [9.17, 15) is 10.1 Å². The smallest absolute Gasteiger partial charge is 0.287 e. The molecule has 0 spiro atoms. The zero-order chi connectivity index (χ0) is 18.5. The molecule has 1 aliphatic rings. The predicted molar refractivity (Wildman–Crippen MR) is 100 cm³/mol. The van der Waals surface area contributed by atoms with Crippen LogP contribution in [0.25, 0.3) is 0 Å². The Morgan fingerprint density at radius 1 is 1.31 bits per heavy atom. The molecule has 26 heavy (non-hydrogen) atoms. The molecule has 1 aromatic heterocycles. The standard InChI is InChI=1S/C19H24N4O3/c1-22-11-3-4-15(19(22)14-5-8-17(26-2)9-6-14)12-20-18-10-7-16(13-21-18)23(24)25/h5-10,13,15,19H,3-4,11-12H2,1-2H3,(H,20,21). The second kappa shape index (κ2) is 8.14. The van der Waals surface area contributed by atoms with Crippen molar-refractivity contribution < 1.29 is 9.66 Å². The van der Waals surface area contributed by atoms with E-state index in [4.69, 9.17) is 4.74 Å². The van der Waals surface area contributed by atoms with Crippen molar-refractivity contribution in [3.05, 3.63) is 58.3 Å². The van der Waals surface area contributed by atoms with Crippen LogP contribution in [0.4, 0.5) is 11.5 Å². The monoisotopic (exact) mass is 356 g/mol. The van der Waals surface area contributed by atoms with E-state index in [0.29, 0.717) is 17.8 Å². The SMILES string of the molecule is COc1ccc(C2C(CNc3ccc([N+](=O)[O-])cn3)CCCN2C)cc1. The number of piperidine rings is 1. The van der Waals surface area contributed by atoms with Gasteiger partial charge in [0.05, 0.1) is 12.0 Å². The molecule has 2 aromatic rings. The van der Waals surface area contributed by atoms with Crippen molar-refractivity contribution in [2.24, 2.45) is 5.92 Å². The van der Waals surface area contributed by atoms with E-state index in [-0.39, 0.29) is 5.69 Å². The van der Waals surface area contributed by atoms with E-state index >= 15 is 0 Å². The molecular formula is C19H24N4O3. The molecule has 2 heterocycles. The first-order chi connectivity index (χ1) is 12.6. The van der Waals surface area contributed by atoms with Crippen molar-refractivity contribution in [2.75, 3.05) is 32.6 Å². The van der Waals surface area contributed by atoms with Gasteiger partial charge >= 0.3 is 0 Å². The minimum Gasteiger partial charge on any atom is -0.497 e. The molecule has 7 nitrogen and oxygen atoms in total. The first kappa shape index (κ1) is 18.1. The minimum atomic E-state index is -0.438. The van der Waals surface area contributed by atoms with Crippen LogP contribution in [0, 0.1) is 16.0 Å². The van der Waals surface area contributed by atoms with Gasteiger partial charge in [0.15, 0.2) is 0 Å². The Kier molecular flexibility index (Phi) is 5.68.